The maximum atomic E-state index is 13.5. The van der Waals surface area contributed by atoms with E-state index >= 15 is 0 Å². The average molecular weight is 503 g/mol. The maximum Gasteiger partial charge on any atom is 0.305 e. The van der Waals surface area contributed by atoms with Crippen LogP contribution in [-0.2, 0) is 9.59 Å². The predicted octanol–water partition coefficient (Wildman–Crippen LogP) is 4.00. The Labute approximate surface area is 188 Å². The first-order valence-corrected chi connectivity index (χ1v) is 11.6. The van der Waals surface area contributed by atoms with Crippen molar-refractivity contribution in [1.82, 2.24) is 4.98 Å². The van der Waals surface area contributed by atoms with E-state index in [0.717, 1.165) is 26.3 Å². The number of carbonyl (C=O) groups is 2. The van der Waals surface area contributed by atoms with E-state index in [1.54, 1.807) is 31.4 Å². The van der Waals surface area contributed by atoms with Crippen molar-refractivity contribution in [2.75, 3.05) is 12.0 Å². The number of imide groups is 1. The third-order valence-electron chi connectivity index (χ3n) is 5.38. The van der Waals surface area contributed by atoms with Crippen LogP contribution >= 0.6 is 39.0 Å². The van der Waals surface area contributed by atoms with Crippen molar-refractivity contribution >= 4 is 56.5 Å². The summed E-state index contributed by atoms with van der Waals surface area (Å²) in [7, 11) is 1.59. The number of fused-ring (bicyclic) bond motifs is 2. The van der Waals surface area contributed by atoms with Crippen molar-refractivity contribution in [1.29, 1.82) is 0 Å². The Bertz CT molecular complexity index is 1200. The molecule has 5 rings (SSSR count). The first-order valence-electron chi connectivity index (χ1n) is 9.15. The van der Waals surface area contributed by atoms with E-state index < -0.39 is 11.2 Å². The summed E-state index contributed by atoms with van der Waals surface area (Å²) in [4.78, 5) is 43.6. The number of H-pyrrole nitrogens is 1. The van der Waals surface area contributed by atoms with Crippen LogP contribution in [-0.4, -0.2) is 29.2 Å². The molecule has 1 N–H and O–H groups in total. The second kappa shape index (κ2) is 7.40. The Morgan fingerprint density at radius 2 is 1.70 bits per heavy atom. The largest absolute Gasteiger partial charge is 0.497 e. The molecule has 3 heterocycles. The van der Waals surface area contributed by atoms with Gasteiger partial charge in [-0.15, -0.1) is 0 Å². The van der Waals surface area contributed by atoms with Gasteiger partial charge in [-0.3, -0.25) is 14.4 Å². The molecule has 2 aromatic carbocycles. The molecule has 30 heavy (non-hydrogen) atoms. The summed E-state index contributed by atoms with van der Waals surface area (Å²) in [5.41, 5.74) is 1.43. The summed E-state index contributed by atoms with van der Waals surface area (Å²) >= 11 is 5.76. The average Bonchev–Trinajstić information content (AvgIpc) is 3.24. The van der Waals surface area contributed by atoms with Gasteiger partial charge in [0.2, 0.25) is 11.8 Å². The number of hydrogen-bond donors (Lipinski definition) is 1. The molecule has 2 aliphatic heterocycles. The van der Waals surface area contributed by atoms with Gasteiger partial charge in [0.15, 0.2) is 0 Å². The molecular weight excluding hydrogens is 488 g/mol. The number of halogens is 1. The Morgan fingerprint density at radius 3 is 2.37 bits per heavy atom. The number of ether oxygens (including phenoxy) is 1. The summed E-state index contributed by atoms with van der Waals surface area (Å²) in [5, 5.41) is 0.0804. The number of carbonyl (C=O) groups excluding carboxylic acids is 2. The van der Waals surface area contributed by atoms with Crippen molar-refractivity contribution in [2.45, 2.75) is 16.2 Å². The molecule has 0 radical (unpaired) electrons. The lowest BCUT2D eigenvalue weighted by atomic mass is 9.83. The molecule has 1 saturated heterocycles. The molecule has 9 heteroatoms. The monoisotopic (exact) mass is 502 g/mol. The number of methoxy groups -OCH3 is 1. The summed E-state index contributed by atoms with van der Waals surface area (Å²) in [6.07, 6.45) is 0. The standard InChI is InChI=1S/C21H15BrN2O4S2/c1-28-13-8-2-10(3-9-13)14-15-17(29-18-16(14)30-21(27)23-18)20(26)24(19(15)25)12-6-4-11(22)5-7-12/h2-9,14-15,17H,1H3,(H,23,27)/t14-,15+,17-/m1/s1. The smallest absolute Gasteiger partial charge is 0.305 e. The third kappa shape index (κ3) is 3.03. The molecule has 152 valence electrons. The van der Waals surface area contributed by atoms with Gasteiger partial charge in [0.05, 0.1) is 23.7 Å². The lowest BCUT2D eigenvalue weighted by Crippen LogP contribution is -2.32. The van der Waals surface area contributed by atoms with Gasteiger partial charge < -0.3 is 9.72 Å². The van der Waals surface area contributed by atoms with Gasteiger partial charge in [-0.1, -0.05) is 51.2 Å². The number of nitrogens with zero attached hydrogens (tertiary/aromatic N) is 1. The van der Waals surface area contributed by atoms with Crippen molar-refractivity contribution in [3.05, 3.63) is 73.1 Å². The van der Waals surface area contributed by atoms with Crippen LogP contribution in [0.25, 0.3) is 0 Å². The Balaban J connectivity index is 1.63. The highest BCUT2D eigenvalue weighted by molar-refractivity contribution is 9.10. The highest BCUT2D eigenvalue weighted by Crippen LogP contribution is 2.53. The topological polar surface area (TPSA) is 79.5 Å². The van der Waals surface area contributed by atoms with Crippen LogP contribution in [0.3, 0.4) is 0 Å². The number of thioether (sulfide) groups is 1. The SMILES string of the molecule is COc1ccc([C@H]2c3sc(=O)[nH]c3S[C@H]3C(=O)N(c4ccc(Br)cc4)C(=O)[C@@H]23)cc1. The van der Waals surface area contributed by atoms with E-state index in [1.807, 2.05) is 24.3 Å². The van der Waals surface area contributed by atoms with Crippen LogP contribution in [0.5, 0.6) is 5.75 Å². The van der Waals surface area contributed by atoms with E-state index in [1.165, 1.54) is 16.7 Å². The fourth-order valence-corrected chi connectivity index (χ4v) is 6.81. The molecule has 1 aromatic heterocycles. The summed E-state index contributed by atoms with van der Waals surface area (Å²) in [5.74, 6) is -0.759. The van der Waals surface area contributed by atoms with Crippen LogP contribution < -0.4 is 14.5 Å². The van der Waals surface area contributed by atoms with Gasteiger partial charge in [0.25, 0.3) is 0 Å². The number of anilines is 1. The molecule has 6 nitrogen and oxygen atoms in total. The highest BCUT2D eigenvalue weighted by atomic mass is 79.9. The van der Waals surface area contributed by atoms with Gasteiger partial charge in [-0.2, -0.15) is 0 Å². The van der Waals surface area contributed by atoms with Crippen molar-refractivity contribution in [3.8, 4) is 5.75 Å². The quantitative estimate of drug-likeness (QED) is 0.547. The van der Waals surface area contributed by atoms with Gasteiger partial charge in [-0.05, 0) is 42.0 Å². The van der Waals surface area contributed by atoms with Crippen LogP contribution in [0.2, 0.25) is 0 Å². The van der Waals surface area contributed by atoms with Crippen LogP contribution in [0, 0.1) is 5.92 Å². The molecule has 0 unspecified atom stereocenters. The summed E-state index contributed by atoms with van der Waals surface area (Å²) in [6.45, 7) is 0. The van der Waals surface area contributed by atoms with Crippen molar-refractivity contribution in [2.24, 2.45) is 5.92 Å². The number of aromatic nitrogens is 1. The normalized spacial score (nSPS) is 22.7. The number of rotatable bonds is 3. The van der Waals surface area contributed by atoms with Crippen LogP contribution in [0.4, 0.5) is 5.69 Å². The lowest BCUT2D eigenvalue weighted by Gasteiger charge is -2.29. The van der Waals surface area contributed by atoms with Gasteiger partial charge in [0.1, 0.15) is 11.0 Å². The fourth-order valence-electron chi connectivity index (χ4n) is 4.03. The van der Waals surface area contributed by atoms with Crippen LogP contribution in [0.1, 0.15) is 16.4 Å². The first kappa shape index (κ1) is 19.6. The fraction of sp³-hybridized carbons (Fsp3) is 0.190. The number of amides is 2. The second-order valence-corrected chi connectivity index (χ2v) is 10.1. The van der Waals surface area contributed by atoms with Gasteiger partial charge in [0, 0.05) is 15.3 Å². The van der Waals surface area contributed by atoms with Crippen molar-refractivity contribution < 1.29 is 14.3 Å². The Kier molecular flexibility index (Phi) is 4.83. The number of aromatic amines is 1. The van der Waals surface area contributed by atoms with Gasteiger partial charge in [-0.25, -0.2) is 4.90 Å². The lowest BCUT2D eigenvalue weighted by molar-refractivity contribution is -0.122. The number of nitrogens with one attached hydrogen (secondary N) is 1. The molecule has 2 aliphatic rings. The van der Waals surface area contributed by atoms with Crippen molar-refractivity contribution in [3.63, 3.8) is 0 Å². The zero-order valence-electron chi connectivity index (χ0n) is 15.6. The van der Waals surface area contributed by atoms with E-state index in [-0.39, 0.29) is 22.6 Å². The highest BCUT2D eigenvalue weighted by Gasteiger charge is 2.56. The minimum absolute atomic E-state index is 0.185. The molecule has 2 amide bonds. The molecule has 0 aliphatic carbocycles. The number of hydrogen-bond acceptors (Lipinski definition) is 6. The summed E-state index contributed by atoms with van der Waals surface area (Å²) < 4.78 is 6.12. The Morgan fingerprint density at radius 1 is 1.00 bits per heavy atom. The second-order valence-electron chi connectivity index (χ2n) is 7.01. The first-order chi connectivity index (χ1) is 14.5. The predicted molar refractivity (Wildman–Crippen MR) is 120 cm³/mol. The minimum Gasteiger partial charge on any atom is -0.497 e. The zero-order chi connectivity index (χ0) is 21.0. The van der Waals surface area contributed by atoms with E-state index in [9.17, 15) is 14.4 Å². The summed E-state index contributed by atoms with van der Waals surface area (Å²) in [6, 6.07) is 14.6. The van der Waals surface area contributed by atoms with E-state index in [4.69, 9.17) is 4.74 Å². The van der Waals surface area contributed by atoms with E-state index in [2.05, 4.69) is 20.9 Å². The van der Waals surface area contributed by atoms with E-state index in [0.29, 0.717) is 16.5 Å². The molecule has 0 saturated carbocycles. The molecule has 3 aromatic rings. The molecular formula is C21H15BrN2O4S2. The van der Waals surface area contributed by atoms with Gasteiger partial charge >= 0.3 is 4.87 Å². The molecule has 0 spiro atoms. The molecule has 0 bridgehead atoms. The molecule has 1 fully saturated rings. The minimum atomic E-state index is -0.592. The van der Waals surface area contributed by atoms with Crippen LogP contribution in [0.15, 0.2) is 62.8 Å². The zero-order valence-corrected chi connectivity index (χ0v) is 18.8. The number of benzene rings is 2. The number of thiazole rings is 1. The third-order valence-corrected chi connectivity index (χ3v) is 8.31. The maximum absolute atomic E-state index is 13.5. The Hall–Kier alpha value is -2.36. The molecule has 3 atom stereocenters.